The Hall–Kier alpha value is -0.750. The zero-order valence-electron chi connectivity index (χ0n) is 6.03. The molecule has 0 spiro atoms. The summed E-state index contributed by atoms with van der Waals surface area (Å²) in [5, 5.41) is 0.970. The van der Waals surface area contributed by atoms with Crippen LogP contribution in [0, 0.1) is 0 Å². The van der Waals surface area contributed by atoms with Crippen LogP contribution in [0.1, 0.15) is 0 Å². The summed E-state index contributed by atoms with van der Waals surface area (Å²) in [6, 6.07) is 0. The molecule has 1 atom stereocenters. The molecule has 1 saturated heterocycles. The fourth-order valence-corrected chi connectivity index (χ4v) is 0.678. The van der Waals surface area contributed by atoms with Gasteiger partial charge in [-0.05, 0) is 0 Å². The Morgan fingerprint density at radius 3 is 3.17 bits per heavy atom. The molecule has 6 heteroatoms. The summed E-state index contributed by atoms with van der Waals surface area (Å²) in [4.78, 5) is 10.3. The Morgan fingerprint density at radius 2 is 2.67 bits per heavy atom. The van der Waals surface area contributed by atoms with Crippen LogP contribution in [0.2, 0.25) is 0 Å². The van der Waals surface area contributed by atoms with E-state index in [1.54, 1.807) is 0 Å². The van der Waals surface area contributed by atoms with Gasteiger partial charge in [-0.25, -0.2) is 9.18 Å². The molecular formula is C6H7FO4S. The molecule has 0 aromatic carbocycles. The Morgan fingerprint density at radius 1 is 1.92 bits per heavy atom. The SMILES string of the molecule is O=C1OCC(OC/C(F)=C\S)O1. The average molecular weight is 194 g/mol. The number of rotatable bonds is 3. The molecule has 1 rings (SSSR count). The molecule has 4 nitrogen and oxygen atoms in total. The van der Waals surface area contributed by atoms with Gasteiger partial charge in [0.1, 0.15) is 12.4 Å². The van der Waals surface area contributed by atoms with E-state index in [1.807, 2.05) is 0 Å². The molecule has 0 bridgehead atoms. The highest BCUT2D eigenvalue weighted by Crippen LogP contribution is 2.09. The standard InChI is InChI=1S/C6H7FO4S/c7-4(3-12)1-9-5-2-10-6(8)11-5/h3,5,12H,1-2H2/b4-3+. The highest BCUT2D eigenvalue weighted by atomic mass is 32.1. The molecule has 68 valence electrons. The van der Waals surface area contributed by atoms with E-state index >= 15 is 0 Å². The maximum atomic E-state index is 12.4. The van der Waals surface area contributed by atoms with Crippen LogP contribution in [0.25, 0.3) is 0 Å². The van der Waals surface area contributed by atoms with Crippen LogP contribution < -0.4 is 0 Å². The van der Waals surface area contributed by atoms with Gasteiger partial charge < -0.3 is 14.2 Å². The van der Waals surface area contributed by atoms with Crippen LogP contribution in [-0.2, 0) is 14.2 Å². The largest absolute Gasteiger partial charge is 0.510 e. The molecule has 0 aromatic heterocycles. The molecule has 1 unspecified atom stereocenters. The molecule has 0 radical (unpaired) electrons. The summed E-state index contributed by atoms with van der Waals surface area (Å²) in [6.07, 6.45) is -1.60. The van der Waals surface area contributed by atoms with E-state index in [4.69, 9.17) is 4.74 Å². The molecule has 0 aliphatic carbocycles. The van der Waals surface area contributed by atoms with Gasteiger partial charge in [0.25, 0.3) is 0 Å². The van der Waals surface area contributed by atoms with E-state index in [9.17, 15) is 9.18 Å². The highest BCUT2D eigenvalue weighted by molar-refractivity contribution is 7.83. The molecule has 12 heavy (non-hydrogen) atoms. The van der Waals surface area contributed by atoms with Crippen LogP contribution in [0.4, 0.5) is 9.18 Å². The number of carbonyl (C=O) groups is 1. The smallest absolute Gasteiger partial charge is 0.428 e. The monoisotopic (exact) mass is 194 g/mol. The number of hydrogen-bond acceptors (Lipinski definition) is 5. The third kappa shape index (κ3) is 2.71. The lowest BCUT2D eigenvalue weighted by Gasteiger charge is -2.05. The Kier molecular flexibility index (Phi) is 3.36. The second-order valence-electron chi connectivity index (χ2n) is 2.00. The van der Waals surface area contributed by atoms with Crippen LogP contribution >= 0.6 is 12.6 Å². The van der Waals surface area contributed by atoms with Crippen molar-refractivity contribution in [3.8, 4) is 0 Å². The van der Waals surface area contributed by atoms with Gasteiger partial charge in [-0.15, -0.1) is 12.6 Å². The third-order valence-corrected chi connectivity index (χ3v) is 1.39. The minimum absolute atomic E-state index is 0.00130. The second-order valence-corrected chi connectivity index (χ2v) is 2.25. The first kappa shape index (κ1) is 9.34. The number of cyclic esters (lactones) is 2. The van der Waals surface area contributed by atoms with E-state index in [0.717, 1.165) is 5.41 Å². The zero-order valence-corrected chi connectivity index (χ0v) is 6.92. The van der Waals surface area contributed by atoms with Gasteiger partial charge in [0.15, 0.2) is 6.61 Å². The second kappa shape index (κ2) is 4.32. The van der Waals surface area contributed by atoms with Crippen LogP contribution in [-0.4, -0.2) is 25.7 Å². The minimum Gasteiger partial charge on any atom is -0.428 e. The van der Waals surface area contributed by atoms with Gasteiger partial charge in [-0.3, -0.25) is 0 Å². The molecular weight excluding hydrogens is 187 g/mol. The quantitative estimate of drug-likeness (QED) is 0.542. The van der Waals surface area contributed by atoms with Crippen molar-refractivity contribution < 1.29 is 23.4 Å². The predicted molar refractivity (Wildman–Crippen MR) is 40.4 cm³/mol. The lowest BCUT2D eigenvalue weighted by atomic mass is 10.6. The number of ether oxygens (including phenoxy) is 3. The first-order valence-corrected chi connectivity index (χ1v) is 3.68. The van der Waals surface area contributed by atoms with Gasteiger partial charge in [0.2, 0.25) is 6.29 Å². The van der Waals surface area contributed by atoms with Crippen molar-refractivity contribution in [3.63, 3.8) is 0 Å². The topological polar surface area (TPSA) is 44.8 Å². The number of hydrogen-bond donors (Lipinski definition) is 1. The van der Waals surface area contributed by atoms with E-state index in [0.29, 0.717) is 0 Å². The predicted octanol–water partition coefficient (Wildman–Crippen LogP) is 1.24. The van der Waals surface area contributed by atoms with Gasteiger partial charge in [-0.1, -0.05) is 0 Å². The van der Waals surface area contributed by atoms with Crippen LogP contribution in [0.15, 0.2) is 11.2 Å². The molecule has 0 aromatic rings. The van der Waals surface area contributed by atoms with Crippen molar-refractivity contribution in [3.05, 3.63) is 11.2 Å². The van der Waals surface area contributed by atoms with Crippen molar-refractivity contribution in [2.45, 2.75) is 6.29 Å². The molecule has 1 heterocycles. The number of halogens is 1. The van der Waals surface area contributed by atoms with E-state index < -0.39 is 18.3 Å². The summed E-state index contributed by atoms with van der Waals surface area (Å²) in [5.74, 6) is -0.540. The highest BCUT2D eigenvalue weighted by Gasteiger charge is 2.25. The van der Waals surface area contributed by atoms with Crippen LogP contribution in [0.5, 0.6) is 0 Å². The van der Waals surface area contributed by atoms with E-state index in [2.05, 4.69) is 22.1 Å². The summed E-state index contributed by atoms with van der Waals surface area (Å²) >= 11 is 3.55. The lowest BCUT2D eigenvalue weighted by molar-refractivity contribution is -0.0720. The van der Waals surface area contributed by atoms with Gasteiger partial charge in [0, 0.05) is 5.41 Å². The molecule has 0 saturated carbocycles. The maximum Gasteiger partial charge on any atom is 0.510 e. The number of carbonyl (C=O) groups excluding carboxylic acids is 1. The van der Waals surface area contributed by atoms with E-state index in [1.165, 1.54) is 0 Å². The van der Waals surface area contributed by atoms with E-state index in [-0.39, 0.29) is 13.2 Å². The molecule has 1 aliphatic heterocycles. The summed E-state index contributed by atoms with van der Waals surface area (Å²) in [6.45, 7) is -0.274. The molecule has 0 N–H and O–H groups in total. The molecule has 1 aliphatic rings. The van der Waals surface area contributed by atoms with Crippen molar-refractivity contribution in [2.24, 2.45) is 0 Å². The summed E-state index contributed by atoms with van der Waals surface area (Å²) in [7, 11) is 0. The van der Waals surface area contributed by atoms with Crippen molar-refractivity contribution in [1.82, 2.24) is 0 Å². The summed E-state index contributed by atoms with van der Waals surface area (Å²) < 4.78 is 26.0. The zero-order chi connectivity index (χ0) is 8.97. The molecule has 1 fully saturated rings. The Labute approximate surface area is 73.7 Å². The summed E-state index contributed by atoms with van der Waals surface area (Å²) in [5.41, 5.74) is 0. The molecule has 0 amide bonds. The van der Waals surface area contributed by atoms with Crippen molar-refractivity contribution >= 4 is 18.8 Å². The van der Waals surface area contributed by atoms with Crippen LogP contribution in [0.3, 0.4) is 0 Å². The normalized spacial score (nSPS) is 23.7. The average Bonchev–Trinajstić information content (AvgIpc) is 2.47. The fourth-order valence-electron chi connectivity index (χ4n) is 0.603. The fraction of sp³-hybridized carbons (Fsp3) is 0.500. The third-order valence-electron chi connectivity index (χ3n) is 1.11. The van der Waals surface area contributed by atoms with Gasteiger partial charge >= 0.3 is 6.16 Å². The Balaban J connectivity index is 2.20. The van der Waals surface area contributed by atoms with Crippen molar-refractivity contribution in [2.75, 3.05) is 13.2 Å². The first-order chi connectivity index (χ1) is 5.72. The first-order valence-electron chi connectivity index (χ1n) is 3.16. The van der Waals surface area contributed by atoms with Gasteiger partial charge in [0.05, 0.1) is 0 Å². The number of thiol groups is 1. The minimum atomic E-state index is -0.809. The Bertz CT molecular complexity index is 206. The lowest BCUT2D eigenvalue weighted by Crippen LogP contribution is -2.15. The van der Waals surface area contributed by atoms with Crippen molar-refractivity contribution in [1.29, 1.82) is 0 Å². The maximum absolute atomic E-state index is 12.4. The van der Waals surface area contributed by atoms with Gasteiger partial charge in [-0.2, -0.15) is 0 Å².